The second kappa shape index (κ2) is 8.71. The summed E-state index contributed by atoms with van der Waals surface area (Å²) in [5, 5.41) is 3.52. The average Bonchev–Trinajstić information content (AvgIpc) is 3.30. The van der Waals surface area contributed by atoms with Gasteiger partial charge in [0.2, 0.25) is 5.91 Å². The number of dihydropyridines is 1. The third-order valence-corrected chi connectivity index (χ3v) is 6.63. The van der Waals surface area contributed by atoms with E-state index in [9.17, 15) is 4.79 Å². The third kappa shape index (κ3) is 4.10. The Hall–Kier alpha value is -3.25. The molecule has 32 heavy (non-hydrogen) atoms. The predicted molar refractivity (Wildman–Crippen MR) is 130 cm³/mol. The largest absolute Gasteiger partial charge is 0.352 e. The van der Waals surface area contributed by atoms with E-state index in [0.717, 1.165) is 28.3 Å². The van der Waals surface area contributed by atoms with Crippen molar-refractivity contribution >= 4 is 34.7 Å². The van der Waals surface area contributed by atoms with Crippen molar-refractivity contribution in [1.82, 2.24) is 14.3 Å². The van der Waals surface area contributed by atoms with Crippen LogP contribution in [0.4, 0.5) is 11.4 Å². The summed E-state index contributed by atoms with van der Waals surface area (Å²) in [7, 11) is 0. The second-order valence-corrected chi connectivity index (χ2v) is 8.94. The highest BCUT2D eigenvalue weighted by atomic mass is 16.1. The van der Waals surface area contributed by atoms with Crippen molar-refractivity contribution in [2.24, 2.45) is 4.99 Å². The first kappa shape index (κ1) is 20.6. The van der Waals surface area contributed by atoms with Gasteiger partial charge in [0.1, 0.15) is 0 Å². The Morgan fingerprint density at radius 3 is 2.56 bits per heavy atom. The molecule has 3 aromatic rings. The number of nitrogens with one attached hydrogen (secondary N) is 1. The number of amides is 1. The summed E-state index contributed by atoms with van der Waals surface area (Å²) in [6.07, 6.45) is 9.95. The molecule has 4 heterocycles. The summed E-state index contributed by atoms with van der Waals surface area (Å²) < 4.78 is 2.03. The Labute approximate surface area is 188 Å². The van der Waals surface area contributed by atoms with Crippen LogP contribution in [0.25, 0.3) is 11.2 Å². The minimum absolute atomic E-state index is 0.118. The van der Waals surface area contributed by atoms with Crippen LogP contribution < -0.4 is 5.32 Å². The summed E-state index contributed by atoms with van der Waals surface area (Å²) >= 11 is 0. The van der Waals surface area contributed by atoms with Crippen LogP contribution in [0.3, 0.4) is 0 Å². The fraction of sp³-hybridized carbons (Fsp3) is 0.346. The van der Waals surface area contributed by atoms with Gasteiger partial charge in [0.15, 0.2) is 5.65 Å². The van der Waals surface area contributed by atoms with Gasteiger partial charge in [-0.2, -0.15) is 0 Å². The van der Waals surface area contributed by atoms with Crippen LogP contribution in [0.15, 0.2) is 59.9 Å². The zero-order valence-electron chi connectivity index (χ0n) is 18.7. The molecule has 1 amide bonds. The van der Waals surface area contributed by atoms with Gasteiger partial charge in [-0.3, -0.25) is 9.20 Å². The van der Waals surface area contributed by atoms with Gasteiger partial charge in [-0.05, 0) is 87.2 Å². The Balaban J connectivity index is 1.33. The van der Waals surface area contributed by atoms with E-state index >= 15 is 0 Å². The number of carbonyl (C=O) groups excluding carboxylic acids is 1. The highest BCUT2D eigenvalue weighted by Crippen LogP contribution is 2.31. The average molecular weight is 428 g/mol. The van der Waals surface area contributed by atoms with Crippen molar-refractivity contribution in [2.45, 2.75) is 45.1 Å². The van der Waals surface area contributed by atoms with Gasteiger partial charge in [0.05, 0.1) is 17.8 Å². The number of carbonyl (C=O) groups is 1. The van der Waals surface area contributed by atoms with E-state index in [1.165, 1.54) is 31.5 Å². The highest BCUT2D eigenvalue weighted by Gasteiger charge is 2.22. The van der Waals surface area contributed by atoms with E-state index in [2.05, 4.69) is 58.3 Å². The van der Waals surface area contributed by atoms with Gasteiger partial charge in [-0.15, -0.1) is 0 Å². The zero-order valence-corrected chi connectivity index (χ0v) is 18.7. The number of likely N-dealkylation sites (tertiary alicyclic amines) is 1. The number of anilines is 2. The number of allylic oxidation sites excluding steroid dienone is 1. The fourth-order valence-electron chi connectivity index (χ4n) is 4.77. The number of rotatable bonds is 5. The molecule has 164 valence electrons. The molecular weight excluding hydrogens is 398 g/mol. The number of aromatic nitrogens is 2. The van der Waals surface area contributed by atoms with Gasteiger partial charge in [-0.1, -0.05) is 12.1 Å². The summed E-state index contributed by atoms with van der Waals surface area (Å²) in [5.41, 5.74) is 6.16. The lowest BCUT2D eigenvalue weighted by Crippen LogP contribution is -2.37. The number of piperidine rings is 1. The SMILES string of the molecule is CC(C)N1CCC(c2ccc(Nc3ccc(C4=CC=NC(=O)C4)n4ccnc34)cc2)CC1. The molecule has 1 saturated heterocycles. The molecule has 0 atom stereocenters. The van der Waals surface area contributed by atoms with E-state index in [-0.39, 0.29) is 5.91 Å². The molecule has 0 bridgehead atoms. The summed E-state index contributed by atoms with van der Waals surface area (Å²) in [5.74, 6) is 0.528. The maximum absolute atomic E-state index is 11.7. The van der Waals surface area contributed by atoms with E-state index in [1.54, 1.807) is 12.4 Å². The molecule has 6 heteroatoms. The van der Waals surface area contributed by atoms with E-state index in [4.69, 9.17) is 0 Å². The maximum Gasteiger partial charge on any atom is 0.250 e. The lowest BCUT2D eigenvalue weighted by atomic mass is 9.89. The normalized spacial score (nSPS) is 17.8. The number of benzene rings is 1. The van der Waals surface area contributed by atoms with E-state index in [1.807, 2.05) is 28.8 Å². The third-order valence-electron chi connectivity index (χ3n) is 6.63. The molecule has 0 saturated carbocycles. The van der Waals surface area contributed by atoms with Crippen molar-refractivity contribution < 1.29 is 4.79 Å². The number of nitrogens with zero attached hydrogens (tertiary/aromatic N) is 4. The molecule has 6 nitrogen and oxygen atoms in total. The minimum atomic E-state index is -0.118. The van der Waals surface area contributed by atoms with Crippen LogP contribution in [-0.4, -0.2) is 45.5 Å². The Bertz CT molecular complexity index is 1180. The number of fused-ring (bicyclic) bond motifs is 1. The lowest BCUT2D eigenvalue weighted by molar-refractivity contribution is -0.116. The van der Waals surface area contributed by atoms with Gasteiger partial charge >= 0.3 is 0 Å². The van der Waals surface area contributed by atoms with Gasteiger partial charge < -0.3 is 10.2 Å². The topological polar surface area (TPSA) is 62.0 Å². The van der Waals surface area contributed by atoms with Crippen molar-refractivity contribution in [3.05, 3.63) is 66.1 Å². The number of imidazole rings is 1. The van der Waals surface area contributed by atoms with Gasteiger partial charge in [0, 0.05) is 30.3 Å². The number of hydrogen-bond acceptors (Lipinski definition) is 4. The smallest absolute Gasteiger partial charge is 0.250 e. The molecule has 2 aliphatic heterocycles. The first-order valence-electron chi connectivity index (χ1n) is 11.4. The quantitative estimate of drug-likeness (QED) is 0.619. The van der Waals surface area contributed by atoms with Gasteiger partial charge in [0.25, 0.3) is 0 Å². The van der Waals surface area contributed by atoms with Crippen LogP contribution in [0.5, 0.6) is 0 Å². The summed E-state index contributed by atoms with van der Waals surface area (Å²) in [6, 6.07) is 13.5. The second-order valence-electron chi connectivity index (χ2n) is 8.94. The highest BCUT2D eigenvalue weighted by molar-refractivity contribution is 6.03. The summed E-state index contributed by atoms with van der Waals surface area (Å²) in [6.45, 7) is 6.93. The Kier molecular flexibility index (Phi) is 5.62. The molecule has 0 unspecified atom stereocenters. The molecule has 5 rings (SSSR count). The van der Waals surface area contributed by atoms with E-state index < -0.39 is 0 Å². The maximum atomic E-state index is 11.7. The first-order chi connectivity index (χ1) is 15.6. The zero-order chi connectivity index (χ0) is 22.1. The van der Waals surface area contributed by atoms with Crippen molar-refractivity contribution in [1.29, 1.82) is 0 Å². The predicted octanol–water partition coefficient (Wildman–Crippen LogP) is 5.05. The van der Waals surface area contributed by atoms with Gasteiger partial charge in [-0.25, -0.2) is 9.98 Å². The molecule has 0 spiro atoms. The lowest BCUT2D eigenvalue weighted by Gasteiger charge is -2.34. The van der Waals surface area contributed by atoms with Crippen LogP contribution >= 0.6 is 0 Å². The van der Waals surface area contributed by atoms with Crippen molar-refractivity contribution in [3.63, 3.8) is 0 Å². The van der Waals surface area contributed by atoms with Crippen molar-refractivity contribution in [2.75, 3.05) is 18.4 Å². The Morgan fingerprint density at radius 1 is 1.06 bits per heavy atom. The summed E-state index contributed by atoms with van der Waals surface area (Å²) in [4.78, 5) is 22.7. The van der Waals surface area contributed by atoms with Crippen LogP contribution in [0.1, 0.15) is 50.3 Å². The standard InChI is InChI=1S/C26H29N5O/c1-18(2)30-14-10-20(11-15-30)19-3-5-22(6-4-19)29-23-7-8-24(31-16-13-28-26(23)31)21-9-12-27-25(32)17-21/h3-9,12-13,16,18,20,29H,10-11,14-15,17H2,1-2H3. The fourth-order valence-corrected chi connectivity index (χ4v) is 4.77. The molecule has 0 radical (unpaired) electrons. The minimum Gasteiger partial charge on any atom is -0.352 e. The van der Waals surface area contributed by atoms with Crippen LogP contribution in [0.2, 0.25) is 0 Å². The molecular formula is C26H29N5O. The molecule has 1 N–H and O–H groups in total. The number of hydrogen-bond donors (Lipinski definition) is 1. The molecule has 1 aromatic carbocycles. The van der Waals surface area contributed by atoms with Crippen molar-refractivity contribution in [3.8, 4) is 0 Å². The first-order valence-corrected chi connectivity index (χ1v) is 11.4. The molecule has 2 aromatic heterocycles. The van der Waals surface area contributed by atoms with Crippen LogP contribution in [-0.2, 0) is 4.79 Å². The molecule has 1 fully saturated rings. The monoisotopic (exact) mass is 427 g/mol. The number of aliphatic imine (C=N–C) groups is 1. The molecule has 0 aliphatic carbocycles. The number of pyridine rings is 1. The Morgan fingerprint density at radius 2 is 1.84 bits per heavy atom. The molecule has 2 aliphatic rings. The van der Waals surface area contributed by atoms with Crippen LogP contribution in [0, 0.1) is 0 Å². The van der Waals surface area contributed by atoms with E-state index in [0.29, 0.717) is 18.4 Å².